The Kier molecular flexibility index (Phi) is 4.68. The molecule has 0 aromatic rings. The van der Waals surface area contributed by atoms with E-state index < -0.39 is 11.6 Å². The molecule has 20 heavy (non-hydrogen) atoms. The van der Waals surface area contributed by atoms with Gasteiger partial charge in [-0.2, -0.15) is 0 Å². The Labute approximate surface area is 119 Å². The molecule has 2 aliphatic rings. The van der Waals surface area contributed by atoms with E-state index in [0.29, 0.717) is 31.7 Å². The highest BCUT2D eigenvalue weighted by atomic mass is 16.4. The first kappa shape index (κ1) is 15.3. The standard InChI is InChI=1S/C15H25NO4/c1-10-3-2-6-15(20,8-10)9-16-13(17)11-4-5-12(7-11)14(18)19/h10-12,20H,2-9H2,1H3,(H,16,17)(H,18,19). The van der Waals surface area contributed by atoms with Gasteiger partial charge in [-0.3, -0.25) is 9.59 Å². The normalized spacial score (nSPS) is 37.6. The summed E-state index contributed by atoms with van der Waals surface area (Å²) in [6, 6.07) is 0. The smallest absolute Gasteiger partial charge is 0.306 e. The number of carboxylic acids is 1. The molecule has 2 fully saturated rings. The fourth-order valence-corrected chi connectivity index (χ4v) is 3.63. The molecule has 2 rings (SSSR count). The molecule has 3 N–H and O–H groups in total. The van der Waals surface area contributed by atoms with E-state index in [-0.39, 0.29) is 17.7 Å². The van der Waals surface area contributed by atoms with Crippen LogP contribution in [-0.2, 0) is 9.59 Å². The second-order valence-corrected chi connectivity index (χ2v) is 6.69. The quantitative estimate of drug-likeness (QED) is 0.730. The summed E-state index contributed by atoms with van der Waals surface area (Å²) in [5.41, 5.74) is -0.780. The Morgan fingerprint density at radius 1 is 1.25 bits per heavy atom. The molecule has 0 saturated heterocycles. The minimum absolute atomic E-state index is 0.0969. The Morgan fingerprint density at radius 2 is 1.95 bits per heavy atom. The lowest BCUT2D eigenvalue weighted by molar-refractivity contribution is -0.141. The van der Waals surface area contributed by atoms with Crippen molar-refractivity contribution in [1.29, 1.82) is 0 Å². The molecular weight excluding hydrogens is 258 g/mol. The number of amides is 1. The summed E-state index contributed by atoms with van der Waals surface area (Å²) in [5.74, 6) is -1.00. The van der Waals surface area contributed by atoms with Crippen LogP contribution in [0.25, 0.3) is 0 Å². The third kappa shape index (κ3) is 3.72. The molecule has 0 aliphatic heterocycles. The average Bonchev–Trinajstić information content (AvgIpc) is 2.85. The third-order valence-electron chi connectivity index (χ3n) is 4.81. The van der Waals surface area contributed by atoms with Crippen LogP contribution in [0.1, 0.15) is 51.9 Å². The number of aliphatic carboxylic acids is 1. The van der Waals surface area contributed by atoms with Gasteiger partial charge in [0.05, 0.1) is 11.5 Å². The molecule has 4 atom stereocenters. The van der Waals surface area contributed by atoms with E-state index >= 15 is 0 Å². The fourth-order valence-electron chi connectivity index (χ4n) is 3.63. The van der Waals surface area contributed by atoms with Crippen LogP contribution in [0.5, 0.6) is 0 Å². The molecule has 5 heteroatoms. The number of aliphatic hydroxyl groups is 1. The maximum atomic E-state index is 12.1. The van der Waals surface area contributed by atoms with Gasteiger partial charge in [-0.25, -0.2) is 0 Å². The predicted octanol–water partition coefficient (Wildman–Crippen LogP) is 1.54. The van der Waals surface area contributed by atoms with E-state index in [2.05, 4.69) is 12.2 Å². The van der Waals surface area contributed by atoms with E-state index in [4.69, 9.17) is 5.11 Å². The van der Waals surface area contributed by atoms with Crippen molar-refractivity contribution in [3.63, 3.8) is 0 Å². The number of carbonyl (C=O) groups is 2. The molecule has 0 heterocycles. The summed E-state index contributed by atoms with van der Waals surface area (Å²) >= 11 is 0. The van der Waals surface area contributed by atoms with Crippen molar-refractivity contribution < 1.29 is 19.8 Å². The summed E-state index contributed by atoms with van der Waals surface area (Å²) in [6.07, 6.45) is 5.25. The number of hydrogen-bond acceptors (Lipinski definition) is 3. The molecule has 114 valence electrons. The second-order valence-electron chi connectivity index (χ2n) is 6.69. The lowest BCUT2D eigenvalue weighted by Crippen LogP contribution is -2.47. The van der Waals surface area contributed by atoms with Gasteiger partial charge in [0.15, 0.2) is 0 Å². The molecule has 0 spiro atoms. The molecule has 4 unspecified atom stereocenters. The number of hydrogen-bond donors (Lipinski definition) is 3. The van der Waals surface area contributed by atoms with Gasteiger partial charge >= 0.3 is 5.97 Å². The fraction of sp³-hybridized carbons (Fsp3) is 0.867. The largest absolute Gasteiger partial charge is 0.481 e. The second kappa shape index (κ2) is 6.12. The van der Waals surface area contributed by atoms with Gasteiger partial charge in [-0.15, -0.1) is 0 Å². The maximum Gasteiger partial charge on any atom is 0.306 e. The molecule has 0 bridgehead atoms. The zero-order valence-corrected chi connectivity index (χ0v) is 12.1. The summed E-state index contributed by atoms with van der Waals surface area (Å²) in [5, 5.41) is 22.2. The lowest BCUT2D eigenvalue weighted by Gasteiger charge is -2.35. The molecular formula is C15H25NO4. The van der Waals surface area contributed by atoms with Gasteiger partial charge in [0.2, 0.25) is 5.91 Å². The molecule has 5 nitrogen and oxygen atoms in total. The molecule has 0 aromatic carbocycles. The van der Waals surface area contributed by atoms with Gasteiger partial charge in [0.25, 0.3) is 0 Å². The summed E-state index contributed by atoms with van der Waals surface area (Å²) in [4.78, 5) is 23.0. The topological polar surface area (TPSA) is 86.6 Å². The third-order valence-corrected chi connectivity index (χ3v) is 4.81. The van der Waals surface area contributed by atoms with Crippen molar-refractivity contribution in [1.82, 2.24) is 5.32 Å². The lowest BCUT2D eigenvalue weighted by atomic mass is 9.79. The molecule has 0 radical (unpaired) electrons. The minimum Gasteiger partial charge on any atom is -0.481 e. The Bertz CT molecular complexity index is 384. The Hall–Kier alpha value is -1.10. The van der Waals surface area contributed by atoms with Crippen LogP contribution in [0, 0.1) is 17.8 Å². The first-order valence-electron chi connectivity index (χ1n) is 7.62. The van der Waals surface area contributed by atoms with E-state index in [0.717, 1.165) is 25.7 Å². The first-order valence-corrected chi connectivity index (χ1v) is 7.62. The Balaban J connectivity index is 1.79. The minimum atomic E-state index is -0.806. The number of carboxylic acid groups (broad SMARTS) is 1. The first-order chi connectivity index (χ1) is 9.39. The van der Waals surface area contributed by atoms with Crippen LogP contribution >= 0.6 is 0 Å². The SMILES string of the molecule is CC1CCCC(O)(CNC(=O)C2CCC(C(=O)O)C2)C1. The average molecular weight is 283 g/mol. The monoisotopic (exact) mass is 283 g/mol. The van der Waals surface area contributed by atoms with Gasteiger partial charge in [-0.1, -0.05) is 19.8 Å². The van der Waals surface area contributed by atoms with Crippen LogP contribution in [0.15, 0.2) is 0 Å². The van der Waals surface area contributed by atoms with Crippen LogP contribution in [0.3, 0.4) is 0 Å². The zero-order valence-electron chi connectivity index (χ0n) is 12.1. The number of rotatable bonds is 4. The van der Waals surface area contributed by atoms with Gasteiger partial charge < -0.3 is 15.5 Å². The van der Waals surface area contributed by atoms with E-state index in [9.17, 15) is 14.7 Å². The number of carbonyl (C=O) groups excluding carboxylic acids is 1. The summed E-state index contributed by atoms with van der Waals surface area (Å²) < 4.78 is 0. The highest BCUT2D eigenvalue weighted by molar-refractivity contribution is 5.80. The van der Waals surface area contributed by atoms with E-state index in [1.807, 2.05) is 0 Å². The van der Waals surface area contributed by atoms with Gasteiger partial charge in [0, 0.05) is 12.5 Å². The van der Waals surface area contributed by atoms with Gasteiger partial charge in [0.1, 0.15) is 0 Å². The van der Waals surface area contributed by atoms with Crippen molar-refractivity contribution in [2.24, 2.45) is 17.8 Å². The van der Waals surface area contributed by atoms with Crippen LogP contribution < -0.4 is 5.32 Å². The highest BCUT2D eigenvalue weighted by Gasteiger charge is 2.36. The molecule has 0 aromatic heterocycles. The van der Waals surface area contributed by atoms with Crippen LogP contribution in [0.4, 0.5) is 0 Å². The van der Waals surface area contributed by atoms with Crippen molar-refractivity contribution in [2.75, 3.05) is 6.54 Å². The highest BCUT2D eigenvalue weighted by Crippen LogP contribution is 2.33. The van der Waals surface area contributed by atoms with Crippen molar-refractivity contribution >= 4 is 11.9 Å². The van der Waals surface area contributed by atoms with Crippen LogP contribution in [0.2, 0.25) is 0 Å². The molecule has 2 saturated carbocycles. The predicted molar refractivity (Wildman–Crippen MR) is 74.1 cm³/mol. The zero-order chi connectivity index (χ0) is 14.8. The van der Waals surface area contributed by atoms with Crippen molar-refractivity contribution in [3.05, 3.63) is 0 Å². The summed E-state index contributed by atoms with van der Waals surface area (Å²) in [6.45, 7) is 2.42. The molecule has 2 aliphatic carbocycles. The van der Waals surface area contributed by atoms with Crippen molar-refractivity contribution in [3.8, 4) is 0 Å². The maximum absolute atomic E-state index is 12.1. The Morgan fingerprint density at radius 3 is 2.55 bits per heavy atom. The van der Waals surface area contributed by atoms with Crippen LogP contribution in [-0.4, -0.2) is 34.2 Å². The molecule has 1 amide bonds. The summed E-state index contributed by atoms with van der Waals surface area (Å²) in [7, 11) is 0. The number of nitrogens with one attached hydrogen (secondary N) is 1. The van der Waals surface area contributed by atoms with E-state index in [1.165, 1.54) is 0 Å². The van der Waals surface area contributed by atoms with Crippen molar-refractivity contribution in [2.45, 2.75) is 57.5 Å². The van der Waals surface area contributed by atoms with E-state index in [1.54, 1.807) is 0 Å². The van der Waals surface area contributed by atoms with Gasteiger partial charge in [-0.05, 0) is 38.0 Å².